The first kappa shape index (κ1) is 24.9. The number of aryl methyl sites for hydroxylation is 3. The minimum atomic E-state index is -0.00234. The number of carbonyl (C=O) groups excluding carboxylic acids is 1. The lowest BCUT2D eigenvalue weighted by Gasteiger charge is -2.19. The van der Waals surface area contributed by atoms with E-state index in [2.05, 4.69) is 21.5 Å². The number of hydrogen-bond donors (Lipinski definition) is 3. The smallest absolute Gasteiger partial charge is 0.224 e. The summed E-state index contributed by atoms with van der Waals surface area (Å²) in [6, 6.07) is 4.83. The van der Waals surface area contributed by atoms with E-state index in [1.165, 1.54) is 6.07 Å². The first-order valence-corrected chi connectivity index (χ1v) is 12.2. The Labute approximate surface area is 219 Å². The van der Waals surface area contributed by atoms with Gasteiger partial charge < -0.3 is 34.1 Å². The van der Waals surface area contributed by atoms with Crippen LogP contribution in [0.2, 0.25) is 0 Å². The van der Waals surface area contributed by atoms with E-state index in [-0.39, 0.29) is 41.8 Å². The van der Waals surface area contributed by atoms with E-state index >= 15 is 0 Å². The molecule has 5 rings (SSSR count). The lowest BCUT2D eigenvalue weighted by Crippen LogP contribution is -2.09. The van der Waals surface area contributed by atoms with Gasteiger partial charge in [-0.1, -0.05) is 13.5 Å². The van der Waals surface area contributed by atoms with E-state index in [0.717, 1.165) is 11.3 Å². The van der Waals surface area contributed by atoms with E-state index in [1.54, 1.807) is 42.7 Å². The summed E-state index contributed by atoms with van der Waals surface area (Å²) < 4.78 is 14.1. The number of anilines is 1. The molecule has 1 aliphatic rings. The lowest BCUT2D eigenvalue weighted by atomic mass is 10.1. The summed E-state index contributed by atoms with van der Waals surface area (Å²) in [6.45, 7) is 7.50. The molecule has 0 fully saturated rings. The molecule has 0 bridgehead atoms. The summed E-state index contributed by atoms with van der Waals surface area (Å²) in [4.78, 5) is 26.3. The molecule has 38 heavy (non-hydrogen) atoms. The maximum absolute atomic E-state index is 12.6. The molecule has 0 saturated heterocycles. The molecule has 196 valence electrons. The fourth-order valence-corrected chi connectivity index (χ4v) is 4.68. The van der Waals surface area contributed by atoms with Crippen LogP contribution in [0.15, 0.2) is 43.1 Å². The second-order valence-corrected chi connectivity index (χ2v) is 9.28. The Balaban J connectivity index is 1.57. The summed E-state index contributed by atoms with van der Waals surface area (Å²) in [7, 11) is 3.64. The first-order valence-electron chi connectivity index (χ1n) is 12.2. The number of hydrogen-bond acceptors (Lipinski definition) is 8. The van der Waals surface area contributed by atoms with Gasteiger partial charge in [-0.2, -0.15) is 4.98 Å². The zero-order valence-corrected chi connectivity index (χ0v) is 21.7. The number of fused-ring (bicyclic) bond motifs is 2. The zero-order valence-electron chi connectivity index (χ0n) is 21.7. The van der Waals surface area contributed by atoms with E-state index in [9.17, 15) is 15.0 Å². The van der Waals surface area contributed by atoms with E-state index < -0.39 is 0 Å². The predicted molar refractivity (Wildman–Crippen MR) is 144 cm³/mol. The average molecular weight is 516 g/mol. The Hall–Kier alpha value is -4.73. The van der Waals surface area contributed by atoms with Gasteiger partial charge in [-0.3, -0.25) is 4.79 Å². The second kappa shape index (κ2) is 9.62. The van der Waals surface area contributed by atoms with Gasteiger partial charge in [0, 0.05) is 38.7 Å². The molecule has 3 heterocycles. The minimum absolute atomic E-state index is 0.00234. The Bertz CT molecular complexity index is 1590. The van der Waals surface area contributed by atoms with Crippen LogP contribution in [0.1, 0.15) is 36.0 Å². The second-order valence-electron chi connectivity index (χ2n) is 9.28. The van der Waals surface area contributed by atoms with Gasteiger partial charge in [-0.25, -0.2) is 4.98 Å². The van der Waals surface area contributed by atoms with Gasteiger partial charge in [-0.15, -0.1) is 0 Å². The van der Waals surface area contributed by atoms with Gasteiger partial charge in [0.05, 0.1) is 35.5 Å². The monoisotopic (exact) mass is 515 g/mol. The highest BCUT2D eigenvalue weighted by molar-refractivity contribution is 5.91. The van der Waals surface area contributed by atoms with Crippen molar-refractivity contribution in [3.8, 4) is 28.9 Å². The zero-order chi connectivity index (χ0) is 27.1. The summed E-state index contributed by atoms with van der Waals surface area (Å²) in [5.41, 5.74) is 3.84. The SMILES string of the molecule is C=CN(C)c1c(C)cc(Oc2cc(OC3=Cc4ncn(C)c4CC(=O)C3)nc3[nH]c(CC)c(O)c23)cc1O. The normalized spacial score (nSPS) is 13.2. The van der Waals surface area contributed by atoms with E-state index in [0.29, 0.717) is 46.0 Å². The molecule has 4 aromatic rings. The molecule has 0 aliphatic heterocycles. The largest absolute Gasteiger partial charge is 0.506 e. The fraction of sp³-hybridized carbons (Fsp3) is 0.250. The quantitative estimate of drug-likeness (QED) is 0.318. The number of carbonyl (C=O) groups is 1. The van der Waals surface area contributed by atoms with Crippen molar-refractivity contribution in [3.63, 3.8) is 0 Å². The molecule has 0 atom stereocenters. The van der Waals surface area contributed by atoms with Crippen LogP contribution < -0.4 is 14.4 Å². The van der Waals surface area contributed by atoms with Crippen molar-refractivity contribution in [1.82, 2.24) is 19.5 Å². The number of benzene rings is 1. The first-order chi connectivity index (χ1) is 18.2. The van der Waals surface area contributed by atoms with Crippen molar-refractivity contribution < 1.29 is 24.5 Å². The van der Waals surface area contributed by atoms with Crippen LogP contribution in [-0.2, 0) is 24.7 Å². The third kappa shape index (κ3) is 4.45. The Morgan fingerprint density at radius 1 is 1.24 bits per heavy atom. The topological polar surface area (TPSA) is 126 Å². The fourth-order valence-electron chi connectivity index (χ4n) is 4.68. The highest BCUT2D eigenvalue weighted by atomic mass is 16.5. The number of aromatic hydroxyl groups is 2. The number of Topliss-reactive ketones (excluding diaryl/α,β-unsaturated/α-hetero) is 1. The van der Waals surface area contributed by atoms with Gasteiger partial charge >= 0.3 is 0 Å². The summed E-state index contributed by atoms with van der Waals surface area (Å²) in [6.07, 6.45) is 5.91. The number of nitrogens with zero attached hydrogens (tertiary/aromatic N) is 4. The number of ether oxygens (including phenoxy) is 2. The maximum Gasteiger partial charge on any atom is 0.224 e. The molecular formula is C28H29N5O5. The Kier molecular flexibility index (Phi) is 6.31. The van der Waals surface area contributed by atoms with Crippen LogP contribution in [0.25, 0.3) is 17.1 Å². The van der Waals surface area contributed by atoms with Crippen LogP contribution in [0.4, 0.5) is 5.69 Å². The van der Waals surface area contributed by atoms with Gasteiger partial charge in [0.15, 0.2) is 0 Å². The number of H-pyrrole nitrogens is 1. The van der Waals surface area contributed by atoms with Gasteiger partial charge in [0.25, 0.3) is 0 Å². The highest BCUT2D eigenvalue weighted by Gasteiger charge is 2.23. The molecule has 0 saturated carbocycles. The minimum Gasteiger partial charge on any atom is -0.506 e. The van der Waals surface area contributed by atoms with E-state index in [4.69, 9.17) is 9.47 Å². The van der Waals surface area contributed by atoms with Crippen LogP contribution in [-0.4, -0.2) is 42.6 Å². The summed E-state index contributed by atoms with van der Waals surface area (Å²) >= 11 is 0. The van der Waals surface area contributed by atoms with Crippen molar-refractivity contribution in [2.45, 2.75) is 33.1 Å². The van der Waals surface area contributed by atoms with Crippen LogP contribution >= 0.6 is 0 Å². The molecule has 3 N–H and O–H groups in total. The number of rotatable bonds is 7. The number of nitrogens with one attached hydrogen (secondary N) is 1. The highest BCUT2D eigenvalue weighted by Crippen LogP contribution is 2.42. The van der Waals surface area contributed by atoms with Gasteiger partial charge in [-0.05, 0) is 31.2 Å². The van der Waals surface area contributed by atoms with Crippen molar-refractivity contribution in [2.75, 3.05) is 11.9 Å². The van der Waals surface area contributed by atoms with Crippen LogP contribution in [0, 0.1) is 6.92 Å². The number of phenolic OH excluding ortho intramolecular Hbond substituents is 1. The molecule has 0 radical (unpaired) electrons. The molecule has 10 heteroatoms. The maximum atomic E-state index is 12.6. The Morgan fingerprint density at radius 3 is 2.74 bits per heavy atom. The number of phenols is 1. The number of imidazole rings is 1. The lowest BCUT2D eigenvalue weighted by molar-refractivity contribution is -0.118. The van der Waals surface area contributed by atoms with Crippen molar-refractivity contribution >= 4 is 28.6 Å². The number of allylic oxidation sites excluding steroid dienone is 1. The Morgan fingerprint density at radius 2 is 2.03 bits per heavy atom. The standard InChI is InChI=1S/C28H29N5O5/c1-6-19-27(36)25-23(37-17-8-15(3)26(22(35)12-17)32(4)7-2)13-24(31-28(25)30-19)38-18-9-16(34)10-21-20(11-18)29-14-33(21)5/h7-8,11-14,35-36H,2,6,9-10H2,1,3-5H3,(H,30,31). The van der Waals surface area contributed by atoms with Crippen molar-refractivity contribution in [1.29, 1.82) is 0 Å². The van der Waals surface area contributed by atoms with Crippen LogP contribution in [0.5, 0.6) is 28.9 Å². The predicted octanol–water partition coefficient (Wildman–Crippen LogP) is 4.89. The number of aromatic amines is 1. The van der Waals surface area contributed by atoms with Gasteiger partial charge in [0.1, 0.15) is 45.6 Å². The summed E-state index contributed by atoms with van der Waals surface area (Å²) in [5.74, 6) is 1.27. The van der Waals surface area contributed by atoms with Crippen molar-refractivity contribution in [3.05, 3.63) is 65.7 Å². The molecule has 1 aliphatic carbocycles. The van der Waals surface area contributed by atoms with Gasteiger partial charge in [0.2, 0.25) is 5.88 Å². The molecule has 0 unspecified atom stereocenters. The molecule has 0 amide bonds. The summed E-state index contributed by atoms with van der Waals surface area (Å²) in [5, 5.41) is 21.9. The van der Waals surface area contributed by atoms with E-state index in [1.807, 2.05) is 25.5 Å². The van der Waals surface area contributed by atoms with Crippen molar-refractivity contribution in [2.24, 2.45) is 7.05 Å². The number of pyridine rings is 1. The molecule has 3 aromatic heterocycles. The number of ketones is 1. The third-order valence-electron chi connectivity index (χ3n) is 6.57. The average Bonchev–Trinajstić information content (AvgIpc) is 3.31. The molecule has 10 nitrogen and oxygen atoms in total. The number of aromatic nitrogens is 4. The molecular weight excluding hydrogens is 486 g/mol. The molecule has 0 spiro atoms. The molecule has 1 aromatic carbocycles. The third-order valence-corrected chi connectivity index (χ3v) is 6.57. The van der Waals surface area contributed by atoms with Crippen LogP contribution in [0.3, 0.4) is 0 Å².